The van der Waals surface area contributed by atoms with E-state index in [1.165, 1.54) is 5.06 Å². The van der Waals surface area contributed by atoms with Crippen molar-refractivity contribution in [2.45, 2.75) is 26.3 Å². The van der Waals surface area contributed by atoms with Crippen molar-refractivity contribution in [1.29, 1.82) is 0 Å². The Bertz CT molecular complexity index is 488. The van der Waals surface area contributed by atoms with Crippen LogP contribution in [0.2, 0.25) is 5.02 Å². The smallest absolute Gasteiger partial charge is 0.223 e. The zero-order valence-corrected chi connectivity index (χ0v) is 11.5. The predicted molar refractivity (Wildman–Crippen MR) is 71.1 cm³/mol. The van der Waals surface area contributed by atoms with E-state index >= 15 is 0 Å². The Balaban J connectivity index is 2.60. The highest BCUT2D eigenvalue weighted by molar-refractivity contribution is 6.31. The van der Waals surface area contributed by atoms with Crippen LogP contribution in [0.5, 0.6) is 0 Å². The van der Waals surface area contributed by atoms with Gasteiger partial charge in [-0.05, 0) is 30.5 Å². The number of hydrogen-bond donors (Lipinski definition) is 1. The lowest BCUT2D eigenvalue weighted by Crippen LogP contribution is -2.39. The number of nitrogens with zero attached hydrogens (tertiary/aromatic N) is 2. The van der Waals surface area contributed by atoms with E-state index in [0.29, 0.717) is 18.0 Å². The molecule has 2 rings (SSSR count). The fraction of sp³-hybridized carbons (Fsp3) is 0.462. The van der Waals surface area contributed by atoms with Crippen LogP contribution >= 0.6 is 11.6 Å². The van der Waals surface area contributed by atoms with Gasteiger partial charge in [-0.3, -0.25) is 4.79 Å². The van der Waals surface area contributed by atoms with Crippen molar-refractivity contribution >= 4 is 23.2 Å². The van der Waals surface area contributed by atoms with Crippen LogP contribution in [0, 0.1) is 6.92 Å². The first-order valence-electron chi connectivity index (χ1n) is 5.92. The van der Waals surface area contributed by atoms with Gasteiger partial charge in [-0.2, -0.15) is 5.06 Å². The Morgan fingerprint density at radius 3 is 2.78 bits per heavy atom. The van der Waals surface area contributed by atoms with Crippen molar-refractivity contribution in [3.63, 3.8) is 0 Å². The molecular formula is C13H17ClN2O2. The van der Waals surface area contributed by atoms with Crippen LogP contribution in [0.4, 0.5) is 5.69 Å². The van der Waals surface area contributed by atoms with E-state index < -0.39 is 0 Å². The molecule has 98 valence electrons. The Morgan fingerprint density at radius 2 is 2.22 bits per heavy atom. The van der Waals surface area contributed by atoms with Crippen LogP contribution in [0.1, 0.15) is 30.5 Å². The number of benzene rings is 1. The first-order valence-corrected chi connectivity index (χ1v) is 6.30. The SMILES string of the molecule is CC(=O)N1CCC(N(C)O)c2ccc(Cl)c(C)c21. The lowest BCUT2D eigenvalue weighted by Gasteiger charge is -2.37. The molecule has 1 heterocycles. The number of hydroxylamine groups is 2. The highest BCUT2D eigenvalue weighted by Gasteiger charge is 2.31. The number of rotatable bonds is 1. The average molecular weight is 269 g/mol. The van der Waals surface area contributed by atoms with Crippen molar-refractivity contribution in [2.75, 3.05) is 18.5 Å². The summed E-state index contributed by atoms with van der Waals surface area (Å²) in [6, 6.07) is 3.61. The summed E-state index contributed by atoms with van der Waals surface area (Å²) in [6.07, 6.45) is 0.709. The van der Waals surface area contributed by atoms with Gasteiger partial charge in [0.05, 0.1) is 11.7 Å². The van der Waals surface area contributed by atoms with Gasteiger partial charge in [0.15, 0.2) is 0 Å². The number of amides is 1. The molecule has 5 heteroatoms. The first-order chi connectivity index (χ1) is 8.43. The predicted octanol–water partition coefficient (Wildman–Crippen LogP) is 2.77. The molecule has 1 N–H and O–H groups in total. The highest BCUT2D eigenvalue weighted by atomic mass is 35.5. The molecule has 1 aromatic carbocycles. The third-order valence-electron chi connectivity index (χ3n) is 3.48. The van der Waals surface area contributed by atoms with Crippen LogP contribution in [-0.4, -0.2) is 29.8 Å². The summed E-state index contributed by atoms with van der Waals surface area (Å²) in [5.74, 6) is 0.000611. The minimum absolute atomic E-state index is 0.000611. The third kappa shape index (κ3) is 2.11. The minimum Gasteiger partial charge on any atom is -0.314 e. The molecule has 0 aliphatic carbocycles. The molecule has 1 amide bonds. The molecule has 0 spiro atoms. The second-order valence-corrected chi connectivity index (χ2v) is 5.07. The van der Waals surface area contributed by atoms with Gasteiger partial charge in [-0.25, -0.2) is 0 Å². The van der Waals surface area contributed by atoms with E-state index in [1.807, 2.05) is 19.1 Å². The molecule has 0 saturated carbocycles. The number of fused-ring (bicyclic) bond motifs is 1. The Hall–Kier alpha value is -1.10. The van der Waals surface area contributed by atoms with Gasteiger partial charge in [0.25, 0.3) is 0 Å². The fourth-order valence-corrected chi connectivity index (χ4v) is 2.70. The average Bonchev–Trinajstić information content (AvgIpc) is 2.32. The van der Waals surface area contributed by atoms with Crippen LogP contribution in [0.15, 0.2) is 12.1 Å². The summed E-state index contributed by atoms with van der Waals surface area (Å²) in [4.78, 5) is 13.4. The zero-order chi connectivity index (χ0) is 13.4. The summed E-state index contributed by atoms with van der Waals surface area (Å²) in [5.41, 5.74) is 2.67. The second-order valence-electron chi connectivity index (χ2n) is 4.66. The molecule has 0 fully saturated rings. The van der Waals surface area contributed by atoms with E-state index in [4.69, 9.17) is 11.6 Å². The quantitative estimate of drug-likeness (QED) is 0.797. The summed E-state index contributed by atoms with van der Waals surface area (Å²) in [6.45, 7) is 4.04. The lowest BCUT2D eigenvalue weighted by atomic mass is 9.93. The number of carbonyl (C=O) groups excluding carboxylic acids is 1. The molecule has 18 heavy (non-hydrogen) atoms. The fourth-order valence-electron chi connectivity index (χ4n) is 2.55. The maximum atomic E-state index is 11.7. The Morgan fingerprint density at radius 1 is 1.56 bits per heavy atom. The van der Waals surface area contributed by atoms with Crippen molar-refractivity contribution in [3.8, 4) is 0 Å². The molecular weight excluding hydrogens is 252 g/mol. The van der Waals surface area contributed by atoms with Crippen LogP contribution in [0.25, 0.3) is 0 Å². The van der Waals surface area contributed by atoms with E-state index in [2.05, 4.69) is 0 Å². The van der Waals surface area contributed by atoms with Gasteiger partial charge in [-0.1, -0.05) is 17.7 Å². The molecule has 1 aromatic rings. The van der Waals surface area contributed by atoms with Crippen molar-refractivity contribution < 1.29 is 10.0 Å². The monoisotopic (exact) mass is 268 g/mol. The molecule has 0 saturated heterocycles. The molecule has 1 unspecified atom stereocenters. The minimum atomic E-state index is -0.0911. The topological polar surface area (TPSA) is 43.8 Å². The lowest BCUT2D eigenvalue weighted by molar-refractivity contribution is -0.118. The van der Waals surface area contributed by atoms with Crippen LogP contribution in [0.3, 0.4) is 0 Å². The van der Waals surface area contributed by atoms with Gasteiger partial charge in [0.2, 0.25) is 5.91 Å². The van der Waals surface area contributed by atoms with Crippen molar-refractivity contribution in [3.05, 3.63) is 28.3 Å². The third-order valence-corrected chi connectivity index (χ3v) is 3.89. The Labute approximate surface area is 112 Å². The van der Waals surface area contributed by atoms with Crippen LogP contribution in [-0.2, 0) is 4.79 Å². The highest BCUT2D eigenvalue weighted by Crippen LogP contribution is 2.40. The van der Waals surface area contributed by atoms with E-state index in [9.17, 15) is 10.0 Å². The first kappa shape index (κ1) is 13.3. The summed E-state index contributed by atoms with van der Waals surface area (Å²) in [5, 5.41) is 11.5. The summed E-state index contributed by atoms with van der Waals surface area (Å²) < 4.78 is 0. The molecule has 4 nitrogen and oxygen atoms in total. The van der Waals surface area contributed by atoms with Gasteiger partial charge in [-0.15, -0.1) is 0 Å². The zero-order valence-electron chi connectivity index (χ0n) is 10.8. The van der Waals surface area contributed by atoms with Gasteiger partial charge < -0.3 is 10.1 Å². The van der Waals surface area contributed by atoms with Gasteiger partial charge >= 0.3 is 0 Å². The van der Waals surface area contributed by atoms with E-state index in [-0.39, 0.29) is 11.9 Å². The summed E-state index contributed by atoms with van der Waals surface area (Å²) in [7, 11) is 1.63. The molecule has 0 aromatic heterocycles. The maximum absolute atomic E-state index is 11.7. The number of halogens is 1. The van der Waals surface area contributed by atoms with Crippen molar-refractivity contribution in [1.82, 2.24) is 5.06 Å². The number of carbonyl (C=O) groups is 1. The molecule has 0 bridgehead atoms. The number of hydrogen-bond acceptors (Lipinski definition) is 3. The van der Waals surface area contributed by atoms with Gasteiger partial charge in [0, 0.05) is 25.5 Å². The Kier molecular flexibility index (Phi) is 3.61. The molecule has 0 radical (unpaired) electrons. The van der Waals surface area contributed by atoms with Crippen LogP contribution < -0.4 is 4.90 Å². The second kappa shape index (κ2) is 4.88. The molecule has 1 atom stereocenters. The standard InChI is InChI=1S/C13H17ClN2O2/c1-8-11(14)5-4-10-12(15(3)18)6-7-16(9(2)17)13(8)10/h4-5,12,18H,6-7H2,1-3H3. The normalized spacial score (nSPS) is 19.0. The number of anilines is 1. The largest absolute Gasteiger partial charge is 0.314 e. The van der Waals surface area contributed by atoms with E-state index in [0.717, 1.165) is 16.8 Å². The molecule has 1 aliphatic heterocycles. The van der Waals surface area contributed by atoms with E-state index in [1.54, 1.807) is 18.9 Å². The molecule has 1 aliphatic rings. The summed E-state index contributed by atoms with van der Waals surface area (Å²) >= 11 is 6.13. The van der Waals surface area contributed by atoms with Crippen molar-refractivity contribution in [2.24, 2.45) is 0 Å². The maximum Gasteiger partial charge on any atom is 0.223 e. The van der Waals surface area contributed by atoms with Gasteiger partial charge in [0.1, 0.15) is 0 Å².